The maximum Gasteiger partial charge on any atom is 0.306 e. The molecule has 0 fully saturated rings. The van der Waals surface area contributed by atoms with Crippen LogP contribution in [-0.2, 0) is 28.6 Å². The Morgan fingerprint density at radius 3 is 1.22 bits per heavy atom. The van der Waals surface area contributed by atoms with E-state index in [9.17, 15) is 14.4 Å². The predicted octanol–water partition coefficient (Wildman–Crippen LogP) is 16.1. The van der Waals surface area contributed by atoms with Gasteiger partial charge >= 0.3 is 17.9 Å². The van der Waals surface area contributed by atoms with E-state index in [4.69, 9.17) is 14.2 Å². The SMILES string of the molecule is CC/C=C/C=C/C=C/CCCCCCCCCC(=O)OCC(COC(=O)CCCCCCCCCCCCCCC)OC(=O)CC/C=C/C/C=C/CCCCCCCC. The molecule has 0 aliphatic heterocycles. The van der Waals surface area contributed by atoms with Gasteiger partial charge in [0, 0.05) is 19.3 Å². The molecule has 0 aromatic heterocycles. The first-order chi connectivity index (χ1) is 29.0. The first-order valence-electron chi connectivity index (χ1n) is 24.8. The fourth-order valence-corrected chi connectivity index (χ4v) is 6.85. The van der Waals surface area contributed by atoms with Gasteiger partial charge in [-0.05, 0) is 57.8 Å². The van der Waals surface area contributed by atoms with Crippen molar-refractivity contribution in [3.05, 3.63) is 60.8 Å². The number of allylic oxidation sites excluding steroid dienone is 10. The largest absolute Gasteiger partial charge is 0.462 e. The van der Waals surface area contributed by atoms with Gasteiger partial charge in [0.05, 0.1) is 0 Å². The Hall–Kier alpha value is -2.89. The number of hydrogen-bond donors (Lipinski definition) is 0. The first-order valence-corrected chi connectivity index (χ1v) is 24.8. The minimum absolute atomic E-state index is 0.0989. The van der Waals surface area contributed by atoms with Gasteiger partial charge in [0.2, 0.25) is 0 Å². The molecule has 6 nitrogen and oxygen atoms in total. The van der Waals surface area contributed by atoms with Gasteiger partial charge in [-0.3, -0.25) is 14.4 Å². The van der Waals surface area contributed by atoms with Crippen molar-refractivity contribution in [2.75, 3.05) is 13.2 Å². The highest BCUT2D eigenvalue weighted by atomic mass is 16.6. The Morgan fingerprint density at radius 2 is 0.763 bits per heavy atom. The number of unbranched alkanes of at least 4 members (excludes halogenated alkanes) is 25. The third-order valence-corrected chi connectivity index (χ3v) is 10.6. The number of rotatable bonds is 44. The summed E-state index contributed by atoms with van der Waals surface area (Å²) in [4.78, 5) is 37.8. The Bertz CT molecular complexity index is 1090. The zero-order valence-corrected chi connectivity index (χ0v) is 38.8. The van der Waals surface area contributed by atoms with Crippen LogP contribution in [0.25, 0.3) is 0 Å². The van der Waals surface area contributed by atoms with Gasteiger partial charge in [-0.15, -0.1) is 0 Å². The molecule has 0 saturated heterocycles. The van der Waals surface area contributed by atoms with Gasteiger partial charge in [-0.1, -0.05) is 223 Å². The highest BCUT2D eigenvalue weighted by Gasteiger charge is 2.19. The zero-order valence-electron chi connectivity index (χ0n) is 38.8. The van der Waals surface area contributed by atoms with Crippen molar-refractivity contribution in [3.63, 3.8) is 0 Å². The lowest BCUT2D eigenvalue weighted by atomic mass is 10.0. The van der Waals surface area contributed by atoms with Crippen LogP contribution < -0.4 is 0 Å². The molecule has 59 heavy (non-hydrogen) atoms. The van der Waals surface area contributed by atoms with Gasteiger partial charge in [-0.2, -0.15) is 0 Å². The molecule has 0 aromatic rings. The normalized spacial score (nSPS) is 12.5. The average Bonchev–Trinajstić information content (AvgIpc) is 3.23. The molecular weight excluding hydrogens is 733 g/mol. The van der Waals surface area contributed by atoms with Crippen molar-refractivity contribution in [1.29, 1.82) is 0 Å². The van der Waals surface area contributed by atoms with Crippen molar-refractivity contribution >= 4 is 17.9 Å². The smallest absolute Gasteiger partial charge is 0.306 e. The summed E-state index contributed by atoms with van der Waals surface area (Å²) in [7, 11) is 0. The van der Waals surface area contributed by atoms with E-state index in [0.29, 0.717) is 19.3 Å². The fraction of sp³-hybridized carbons (Fsp3) is 0.755. The summed E-state index contributed by atoms with van der Waals surface area (Å²) in [6.07, 6.45) is 57.8. The number of carbonyl (C=O) groups is 3. The van der Waals surface area contributed by atoms with E-state index >= 15 is 0 Å². The molecule has 340 valence electrons. The predicted molar refractivity (Wildman–Crippen MR) is 251 cm³/mol. The maximum absolute atomic E-state index is 12.7. The third kappa shape index (κ3) is 46.0. The molecule has 0 heterocycles. The number of esters is 3. The molecular formula is C53H92O6. The molecule has 1 unspecified atom stereocenters. The van der Waals surface area contributed by atoms with E-state index < -0.39 is 6.10 Å². The number of ether oxygens (including phenoxy) is 3. The van der Waals surface area contributed by atoms with E-state index in [0.717, 1.165) is 64.2 Å². The summed E-state index contributed by atoms with van der Waals surface area (Å²) in [6.45, 7) is 6.44. The van der Waals surface area contributed by atoms with Gasteiger partial charge < -0.3 is 14.2 Å². The standard InChI is InChI=1S/C53H92O6/c1-4-7-10-13-16-19-22-25-26-29-31-34-37-40-43-46-52(55)58-49-50(59-53(56)47-44-41-38-35-32-28-24-21-18-15-12-9-6-3)48-57-51(54)45-42-39-36-33-30-27-23-20-17-14-11-8-5-2/h7,10,13,16,19,22,28,32,38,41,50H,4-6,8-9,11-12,14-15,17-18,20-21,23-27,29-31,33-37,39-40,42-49H2,1-3H3/b10-7+,16-13+,22-19+,32-28+,41-38+. The van der Waals surface area contributed by atoms with Crippen LogP contribution in [-0.4, -0.2) is 37.2 Å². The molecule has 1 atom stereocenters. The first kappa shape index (κ1) is 56.1. The quantitative estimate of drug-likeness (QED) is 0.0200. The highest BCUT2D eigenvalue weighted by Crippen LogP contribution is 2.15. The zero-order chi connectivity index (χ0) is 43.0. The van der Waals surface area contributed by atoms with Crippen LogP contribution in [0.1, 0.15) is 239 Å². The Labute approximate surface area is 364 Å². The number of carbonyl (C=O) groups excluding carboxylic acids is 3. The van der Waals surface area contributed by atoms with E-state index in [1.165, 1.54) is 128 Å². The van der Waals surface area contributed by atoms with Crippen LogP contribution in [0.4, 0.5) is 0 Å². The van der Waals surface area contributed by atoms with Gasteiger partial charge in [-0.25, -0.2) is 0 Å². The molecule has 0 N–H and O–H groups in total. The lowest BCUT2D eigenvalue weighted by Crippen LogP contribution is -2.30. The summed E-state index contributed by atoms with van der Waals surface area (Å²) in [5.41, 5.74) is 0. The van der Waals surface area contributed by atoms with E-state index in [-0.39, 0.29) is 37.5 Å². The Morgan fingerprint density at radius 1 is 0.373 bits per heavy atom. The second-order valence-corrected chi connectivity index (χ2v) is 16.4. The van der Waals surface area contributed by atoms with Crippen molar-refractivity contribution in [3.8, 4) is 0 Å². The summed E-state index contributed by atoms with van der Waals surface area (Å²) < 4.78 is 16.7. The summed E-state index contributed by atoms with van der Waals surface area (Å²) in [5.74, 6) is -0.977. The summed E-state index contributed by atoms with van der Waals surface area (Å²) in [6, 6.07) is 0. The molecule has 0 radical (unpaired) electrons. The van der Waals surface area contributed by atoms with E-state index in [1.54, 1.807) is 0 Å². The lowest BCUT2D eigenvalue weighted by Gasteiger charge is -2.18. The van der Waals surface area contributed by atoms with Crippen molar-refractivity contribution in [1.82, 2.24) is 0 Å². The van der Waals surface area contributed by atoms with Crippen LogP contribution in [0.15, 0.2) is 60.8 Å². The Balaban J connectivity index is 4.45. The van der Waals surface area contributed by atoms with E-state index in [2.05, 4.69) is 75.5 Å². The number of hydrogen-bond acceptors (Lipinski definition) is 6. The van der Waals surface area contributed by atoms with Gasteiger partial charge in [0.25, 0.3) is 0 Å². The minimum atomic E-state index is -0.806. The van der Waals surface area contributed by atoms with Crippen LogP contribution in [0.3, 0.4) is 0 Å². The second-order valence-electron chi connectivity index (χ2n) is 16.4. The van der Waals surface area contributed by atoms with Gasteiger partial charge in [0.1, 0.15) is 13.2 Å². The minimum Gasteiger partial charge on any atom is -0.462 e. The fourth-order valence-electron chi connectivity index (χ4n) is 6.85. The van der Waals surface area contributed by atoms with Crippen molar-refractivity contribution in [2.24, 2.45) is 0 Å². The molecule has 0 aliphatic carbocycles. The van der Waals surface area contributed by atoms with Crippen LogP contribution in [0, 0.1) is 0 Å². The third-order valence-electron chi connectivity index (χ3n) is 10.6. The van der Waals surface area contributed by atoms with Crippen molar-refractivity contribution in [2.45, 2.75) is 245 Å². The molecule has 0 amide bonds. The molecule has 0 aromatic carbocycles. The van der Waals surface area contributed by atoms with Crippen LogP contribution in [0.2, 0.25) is 0 Å². The monoisotopic (exact) mass is 825 g/mol. The molecule has 0 aliphatic rings. The van der Waals surface area contributed by atoms with Crippen LogP contribution >= 0.6 is 0 Å². The molecule has 0 rings (SSSR count). The molecule has 0 saturated carbocycles. The van der Waals surface area contributed by atoms with Crippen LogP contribution in [0.5, 0.6) is 0 Å². The highest BCUT2D eigenvalue weighted by molar-refractivity contribution is 5.71. The topological polar surface area (TPSA) is 78.9 Å². The maximum atomic E-state index is 12.7. The summed E-state index contributed by atoms with van der Waals surface area (Å²) in [5, 5.41) is 0. The Kier molecular flexibility index (Phi) is 45.4. The molecule has 0 bridgehead atoms. The van der Waals surface area contributed by atoms with Crippen molar-refractivity contribution < 1.29 is 28.6 Å². The molecule has 0 spiro atoms. The van der Waals surface area contributed by atoms with E-state index in [1.807, 2.05) is 6.08 Å². The van der Waals surface area contributed by atoms with Gasteiger partial charge in [0.15, 0.2) is 6.10 Å². The molecule has 6 heteroatoms. The lowest BCUT2D eigenvalue weighted by molar-refractivity contribution is -0.166. The summed E-state index contributed by atoms with van der Waals surface area (Å²) >= 11 is 0. The second kappa shape index (κ2) is 47.8. The average molecular weight is 825 g/mol.